The average molecular weight is 789 g/mol. The molecule has 5 aliphatic rings. The van der Waals surface area contributed by atoms with Crippen molar-refractivity contribution in [1.29, 1.82) is 0 Å². The van der Waals surface area contributed by atoms with Crippen molar-refractivity contribution in [3.05, 3.63) is 102 Å². The van der Waals surface area contributed by atoms with Crippen molar-refractivity contribution in [2.24, 2.45) is 46.2 Å². The lowest BCUT2D eigenvalue weighted by Crippen LogP contribution is -2.61. The third-order valence-electron chi connectivity index (χ3n) is 14.4. The molecule has 11 heteroatoms. The molecule has 58 heavy (non-hydrogen) atoms. The number of aliphatic hydroxyl groups is 2. The molecule has 0 saturated heterocycles. The summed E-state index contributed by atoms with van der Waals surface area (Å²) >= 11 is 0. The Morgan fingerprint density at radius 3 is 2.41 bits per heavy atom. The zero-order chi connectivity index (χ0) is 41.0. The molecule has 11 nitrogen and oxygen atoms in total. The number of fused-ring (bicyclic) bond motifs is 6. The smallest absolute Gasteiger partial charge is 0.310 e. The highest BCUT2D eigenvalue weighted by molar-refractivity contribution is 6.01. The number of allylic oxidation sites excluding steroid dienone is 4. The Morgan fingerprint density at radius 2 is 1.67 bits per heavy atom. The number of ketones is 2. The van der Waals surface area contributed by atoms with E-state index < -0.39 is 64.6 Å². The molecule has 3 unspecified atom stereocenters. The number of esters is 2. The van der Waals surface area contributed by atoms with Gasteiger partial charge in [0.25, 0.3) is 0 Å². The van der Waals surface area contributed by atoms with Crippen LogP contribution in [-0.4, -0.2) is 71.1 Å². The van der Waals surface area contributed by atoms with E-state index in [0.29, 0.717) is 18.5 Å². The molecule has 1 amide bonds. The van der Waals surface area contributed by atoms with Crippen LogP contribution in [0.15, 0.2) is 90.5 Å². The lowest BCUT2D eigenvalue weighted by molar-refractivity contribution is -0.181. The van der Waals surface area contributed by atoms with Gasteiger partial charge in [0, 0.05) is 35.4 Å². The highest BCUT2D eigenvalue weighted by Gasteiger charge is 2.68. The van der Waals surface area contributed by atoms with Crippen molar-refractivity contribution in [3.63, 3.8) is 0 Å². The zero-order valence-electron chi connectivity index (χ0n) is 33.0. The lowest BCUT2D eigenvalue weighted by Gasteiger charge is -2.59. The van der Waals surface area contributed by atoms with E-state index in [1.807, 2.05) is 79.7 Å². The summed E-state index contributed by atoms with van der Waals surface area (Å²) in [6.07, 6.45) is 7.63. The molecule has 0 aromatic heterocycles. The third-order valence-corrected chi connectivity index (χ3v) is 14.4. The first-order valence-corrected chi connectivity index (χ1v) is 20.6. The van der Waals surface area contributed by atoms with Crippen LogP contribution in [0.5, 0.6) is 0 Å². The largest absolute Gasteiger partial charge is 0.465 e. The first-order valence-electron chi connectivity index (χ1n) is 20.6. The summed E-state index contributed by atoms with van der Waals surface area (Å²) in [5.41, 5.74) is 6.27. The number of anilines is 1. The van der Waals surface area contributed by atoms with Gasteiger partial charge in [0.2, 0.25) is 11.7 Å². The molecule has 4 saturated carbocycles. The minimum Gasteiger partial charge on any atom is -0.465 e. The number of amides is 1. The molecule has 0 bridgehead atoms. The Kier molecular flexibility index (Phi) is 10.5. The number of Topliss-reactive ketones (excluding diaryl/α,β-unsaturated/α-hetero) is 1. The number of rotatable bonds is 12. The maximum atomic E-state index is 13.7. The van der Waals surface area contributed by atoms with E-state index in [1.165, 1.54) is 0 Å². The molecule has 0 aliphatic heterocycles. The van der Waals surface area contributed by atoms with Crippen LogP contribution in [0.25, 0.3) is 10.8 Å². The van der Waals surface area contributed by atoms with Crippen LogP contribution in [0.4, 0.5) is 5.69 Å². The second kappa shape index (κ2) is 15.3. The standard InChI is InChI=1S/C47H52N2O9/c1-45-18-15-33(50)22-31(45)12-14-34-38-16-19-47(56,46(38,2)24-39(51)41(34)45)40(52)26-58-44(55)36-23-35(36)43(54)57-20-17-27-7-9-29(10-8-27)37(25-48)42(53)49-32-13-11-28-5-3-4-6-30(28)21-32/h3-11,13,15,18,21-22,34-39,41,51,56H,12,14,16-17,19-20,23-26,48H2,1-2H3,(H,49,53)/t34-,35?,36?,37?,38-,39-,41+,45-,46-,47-/m0/s1. The molecule has 8 rings (SSSR count). The molecule has 5 aliphatic carbocycles. The van der Waals surface area contributed by atoms with Gasteiger partial charge in [-0.15, -0.1) is 0 Å². The molecule has 0 radical (unpaired) electrons. The van der Waals surface area contributed by atoms with Gasteiger partial charge in [-0.05, 0) is 96.5 Å². The van der Waals surface area contributed by atoms with Crippen LogP contribution in [0.2, 0.25) is 0 Å². The van der Waals surface area contributed by atoms with Gasteiger partial charge in [-0.2, -0.15) is 0 Å². The van der Waals surface area contributed by atoms with Crippen molar-refractivity contribution < 1.29 is 43.7 Å². The lowest BCUT2D eigenvalue weighted by atomic mass is 9.46. The Bertz CT molecular complexity index is 2210. The van der Waals surface area contributed by atoms with E-state index in [2.05, 4.69) is 12.2 Å². The summed E-state index contributed by atoms with van der Waals surface area (Å²) < 4.78 is 10.9. The third kappa shape index (κ3) is 7.01. The number of ether oxygens (including phenoxy) is 2. The Morgan fingerprint density at radius 1 is 0.948 bits per heavy atom. The SMILES string of the molecule is C[C@]12C=CC(=O)C=C1CC[C@@H]1[C@@H]2[C@@H](O)C[C@@]2(C)[C@H]1CC[C@]2(O)C(=O)COC(=O)C1CC1C(=O)OCCc1ccc(C(CN)C(=O)Nc2ccc3ccccc3c2)cc1. The van der Waals surface area contributed by atoms with Crippen molar-refractivity contribution in [2.45, 2.75) is 76.4 Å². The van der Waals surface area contributed by atoms with Gasteiger partial charge in [-0.25, -0.2) is 0 Å². The summed E-state index contributed by atoms with van der Waals surface area (Å²) in [4.78, 5) is 64.8. The summed E-state index contributed by atoms with van der Waals surface area (Å²) in [6.45, 7) is 3.57. The molecule has 10 atom stereocenters. The van der Waals surface area contributed by atoms with Crippen LogP contribution in [-0.2, 0) is 39.9 Å². The summed E-state index contributed by atoms with van der Waals surface area (Å²) in [5, 5.41) is 28.7. The van der Waals surface area contributed by atoms with Crippen LogP contribution < -0.4 is 11.1 Å². The maximum Gasteiger partial charge on any atom is 0.310 e. The van der Waals surface area contributed by atoms with E-state index in [4.69, 9.17) is 15.2 Å². The van der Waals surface area contributed by atoms with E-state index >= 15 is 0 Å². The van der Waals surface area contributed by atoms with Crippen LogP contribution in [0, 0.1) is 40.4 Å². The number of hydrogen-bond donors (Lipinski definition) is 4. The predicted octanol–water partition coefficient (Wildman–Crippen LogP) is 5.36. The van der Waals surface area contributed by atoms with Crippen molar-refractivity contribution in [2.75, 3.05) is 25.1 Å². The van der Waals surface area contributed by atoms with Gasteiger partial charge in [-0.3, -0.25) is 24.0 Å². The van der Waals surface area contributed by atoms with E-state index in [9.17, 15) is 34.2 Å². The van der Waals surface area contributed by atoms with E-state index in [1.54, 1.807) is 12.2 Å². The molecule has 3 aromatic carbocycles. The first-order chi connectivity index (χ1) is 27.8. The molecule has 0 spiro atoms. The first kappa shape index (κ1) is 39.8. The number of nitrogens with two attached hydrogens (primary N) is 1. The fraction of sp³-hybridized carbons (Fsp3) is 0.468. The monoisotopic (exact) mass is 788 g/mol. The van der Waals surface area contributed by atoms with Gasteiger partial charge in [0.05, 0.1) is 30.5 Å². The molecule has 3 aromatic rings. The number of carbonyl (C=O) groups excluding carboxylic acids is 5. The van der Waals surface area contributed by atoms with Gasteiger partial charge in [-0.1, -0.05) is 80.1 Å². The highest BCUT2D eigenvalue weighted by atomic mass is 16.5. The van der Waals surface area contributed by atoms with Crippen LogP contribution >= 0.6 is 0 Å². The zero-order valence-corrected chi connectivity index (χ0v) is 33.0. The predicted molar refractivity (Wildman–Crippen MR) is 216 cm³/mol. The van der Waals surface area contributed by atoms with Gasteiger partial charge >= 0.3 is 11.9 Å². The van der Waals surface area contributed by atoms with E-state index in [-0.39, 0.29) is 61.9 Å². The van der Waals surface area contributed by atoms with Crippen LogP contribution in [0.1, 0.15) is 69.4 Å². The summed E-state index contributed by atoms with van der Waals surface area (Å²) in [6, 6.07) is 21.1. The molecular weight excluding hydrogens is 737 g/mol. The molecule has 0 heterocycles. The second-order valence-corrected chi connectivity index (χ2v) is 17.6. The fourth-order valence-electron chi connectivity index (χ4n) is 11.1. The fourth-order valence-corrected chi connectivity index (χ4v) is 11.1. The highest BCUT2D eigenvalue weighted by Crippen LogP contribution is 2.67. The molecule has 4 fully saturated rings. The van der Waals surface area contributed by atoms with Gasteiger partial charge in [0.15, 0.2) is 12.4 Å². The molecular formula is C47H52N2O9. The quantitative estimate of drug-likeness (QED) is 0.174. The number of carbonyl (C=O) groups is 5. The Balaban J connectivity index is 0.792. The summed E-state index contributed by atoms with van der Waals surface area (Å²) in [5.74, 6) is -4.03. The van der Waals surface area contributed by atoms with Crippen molar-refractivity contribution in [3.8, 4) is 0 Å². The Hall–Kier alpha value is -4.97. The minimum atomic E-state index is -1.77. The molecule has 304 valence electrons. The topological polar surface area (TPSA) is 182 Å². The van der Waals surface area contributed by atoms with E-state index in [0.717, 1.165) is 40.3 Å². The number of benzene rings is 3. The van der Waals surface area contributed by atoms with Crippen LogP contribution in [0.3, 0.4) is 0 Å². The molecule has 5 N–H and O–H groups in total. The number of nitrogens with one attached hydrogen (secondary N) is 1. The average Bonchev–Trinajstić information content (AvgIpc) is 3.97. The van der Waals surface area contributed by atoms with Crippen molar-refractivity contribution in [1.82, 2.24) is 0 Å². The number of hydrogen-bond acceptors (Lipinski definition) is 10. The van der Waals surface area contributed by atoms with Crippen molar-refractivity contribution >= 4 is 45.9 Å². The summed E-state index contributed by atoms with van der Waals surface area (Å²) in [7, 11) is 0. The second-order valence-electron chi connectivity index (χ2n) is 17.6. The minimum absolute atomic E-state index is 0.0218. The maximum absolute atomic E-state index is 13.7. The van der Waals surface area contributed by atoms with Gasteiger partial charge < -0.3 is 30.7 Å². The Labute approximate surface area is 338 Å². The normalized spacial score (nSPS) is 32.6. The van der Waals surface area contributed by atoms with Gasteiger partial charge in [0.1, 0.15) is 5.60 Å². The number of aliphatic hydroxyl groups excluding tert-OH is 1.